The fourth-order valence-electron chi connectivity index (χ4n) is 4.27. The van der Waals surface area contributed by atoms with Gasteiger partial charge in [0.1, 0.15) is 5.60 Å². The number of hydrogen-bond acceptors (Lipinski definition) is 4. The molecule has 1 fully saturated rings. The van der Waals surface area contributed by atoms with Crippen LogP contribution >= 0.6 is 0 Å². The van der Waals surface area contributed by atoms with Crippen LogP contribution in [0.15, 0.2) is 48.5 Å². The fraction of sp³-hybridized carbons (Fsp3) is 0.462. The van der Waals surface area contributed by atoms with Crippen molar-refractivity contribution in [2.75, 3.05) is 25.0 Å². The predicted molar refractivity (Wildman–Crippen MR) is 129 cm³/mol. The molecule has 0 bridgehead atoms. The summed E-state index contributed by atoms with van der Waals surface area (Å²) < 4.78 is 7.87. The van der Waals surface area contributed by atoms with Crippen LogP contribution < -0.4 is 4.90 Å². The molecule has 0 aliphatic carbocycles. The second-order valence-electron chi connectivity index (χ2n) is 9.78. The summed E-state index contributed by atoms with van der Waals surface area (Å²) in [5.41, 5.74) is 4.21. The average molecular weight is 435 g/mol. The summed E-state index contributed by atoms with van der Waals surface area (Å²) in [5.74, 6) is 1.00. The molecule has 1 saturated heterocycles. The highest BCUT2D eigenvalue weighted by molar-refractivity contribution is 5.79. The van der Waals surface area contributed by atoms with E-state index in [1.54, 1.807) is 4.90 Å². The first-order valence-electron chi connectivity index (χ1n) is 11.4. The van der Waals surface area contributed by atoms with E-state index >= 15 is 0 Å². The van der Waals surface area contributed by atoms with E-state index in [9.17, 15) is 4.79 Å². The molecule has 6 nitrogen and oxygen atoms in total. The summed E-state index contributed by atoms with van der Waals surface area (Å²) >= 11 is 0. The number of carbonyl (C=O) groups is 1. The standard InChI is InChI=1S/C26H34N4O2/c1-19-10-12-20(13-11-19)18-30-23-9-7-6-8-22(23)27-24(30)29-16-14-21(15-17-29)28(5)25(31)32-26(2,3)4/h6-13,21H,14-18H2,1-5H3. The highest BCUT2D eigenvalue weighted by Gasteiger charge is 2.30. The number of imidazole rings is 1. The summed E-state index contributed by atoms with van der Waals surface area (Å²) in [5, 5.41) is 0. The van der Waals surface area contributed by atoms with Crippen LogP contribution in [-0.2, 0) is 11.3 Å². The van der Waals surface area contributed by atoms with Crippen LogP contribution in [0.2, 0.25) is 0 Å². The van der Waals surface area contributed by atoms with Crippen molar-refractivity contribution < 1.29 is 9.53 Å². The first-order valence-corrected chi connectivity index (χ1v) is 11.4. The summed E-state index contributed by atoms with van der Waals surface area (Å²) in [6.45, 7) is 10.3. The first kappa shape index (κ1) is 22.2. The Labute approximate surface area is 190 Å². The van der Waals surface area contributed by atoms with Gasteiger partial charge in [-0.25, -0.2) is 9.78 Å². The fourth-order valence-corrected chi connectivity index (χ4v) is 4.27. The van der Waals surface area contributed by atoms with Gasteiger partial charge < -0.3 is 19.1 Å². The summed E-state index contributed by atoms with van der Waals surface area (Å²) in [6.07, 6.45) is 1.54. The summed E-state index contributed by atoms with van der Waals surface area (Å²) in [6, 6.07) is 17.2. The quantitative estimate of drug-likeness (QED) is 0.564. The van der Waals surface area contributed by atoms with E-state index in [-0.39, 0.29) is 12.1 Å². The van der Waals surface area contributed by atoms with Crippen LogP contribution in [0.25, 0.3) is 11.0 Å². The maximum absolute atomic E-state index is 12.5. The number of nitrogens with zero attached hydrogens (tertiary/aromatic N) is 4. The number of aromatic nitrogens is 2. The van der Waals surface area contributed by atoms with Crippen molar-refractivity contribution in [1.29, 1.82) is 0 Å². The van der Waals surface area contributed by atoms with Gasteiger partial charge >= 0.3 is 6.09 Å². The number of amides is 1. The molecular weight excluding hydrogens is 400 g/mol. The third-order valence-electron chi connectivity index (χ3n) is 6.07. The average Bonchev–Trinajstić information content (AvgIpc) is 3.12. The van der Waals surface area contributed by atoms with Crippen LogP contribution in [0.1, 0.15) is 44.7 Å². The van der Waals surface area contributed by atoms with Gasteiger partial charge in [0.25, 0.3) is 0 Å². The van der Waals surface area contributed by atoms with E-state index in [1.807, 2.05) is 33.9 Å². The number of piperidine rings is 1. The van der Waals surface area contributed by atoms with E-state index in [4.69, 9.17) is 9.72 Å². The molecule has 4 rings (SSSR count). The van der Waals surface area contributed by atoms with E-state index in [0.717, 1.165) is 49.5 Å². The van der Waals surface area contributed by atoms with E-state index in [0.29, 0.717) is 0 Å². The van der Waals surface area contributed by atoms with Gasteiger partial charge in [0.05, 0.1) is 17.6 Å². The number of aryl methyl sites for hydroxylation is 1. The number of hydrogen-bond donors (Lipinski definition) is 0. The number of ether oxygens (including phenoxy) is 1. The van der Waals surface area contributed by atoms with Crippen LogP contribution in [0.3, 0.4) is 0 Å². The van der Waals surface area contributed by atoms with Crippen molar-refractivity contribution in [2.45, 2.75) is 58.7 Å². The van der Waals surface area contributed by atoms with Gasteiger partial charge in [-0.2, -0.15) is 0 Å². The van der Waals surface area contributed by atoms with Gasteiger partial charge in [-0.1, -0.05) is 42.0 Å². The molecule has 0 radical (unpaired) electrons. The molecule has 3 aromatic rings. The maximum Gasteiger partial charge on any atom is 0.410 e. The molecular formula is C26H34N4O2. The smallest absolute Gasteiger partial charge is 0.410 e. The molecule has 32 heavy (non-hydrogen) atoms. The predicted octanol–water partition coefficient (Wildman–Crippen LogP) is 5.23. The third-order valence-corrected chi connectivity index (χ3v) is 6.07. The summed E-state index contributed by atoms with van der Waals surface area (Å²) in [7, 11) is 1.85. The minimum atomic E-state index is -0.479. The van der Waals surface area contributed by atoms with Crippen LogP contribution in [0, 0.1) is 6.92 Å². The number of para-hydroxylation sites is 2. The first-order chi connectivity index (χ1) is 15.2. The SMILES string of the molecule is Cc1ccc(Cn2c(N3CCC(N(C)C(=O)OC(C)(C)C)CC3)nc3ccccc32)cc1. The molecule has 2 aromatic carbocycles. The lowest BCUT2D eigenvalue weighted by Crippen LogP contribution is -2.47. The monoisotopic (exact) mass is 434 g/mol. The van der Waals surface area contributed by atoms with Crippen molar-refractivity contribution in [1.82, 2.24) is 14.5 Å². The molecule has 0 unspecified atom stereocenters. The van der Waals surface area contributed by atoms with Crippen molar-refractivity contribution in [2.24, 2.45) is 0 Å². The topological polar surface area (TPSA) is 50.6 Å². The second kappa shape index (κ2) is 8.85. The van der Waals surface area contributed by atoms with Gasteiger partial charge in [-0.3, -0.25) is 0 Å². The van der Waals surface area contributed by atoms with Crippen molar-refractivity contribution >= 4 is 23.1 Å². The van der Waals surface area contributed by atoms with Gasteiger partial charge in [0.2, 0.25) is 5.95 Å². The molecule has 1 amide bonds. The highest BCUT2D eigenvalue weighted by Crippen LogP contribution is 2.28. The van der Waals surface area contributed by atoms with Crippen molar-refractivity contribution in [3.63, 3.8) is 0 Å². The molecule has 6 heteroatoms. The molecule has 0 saturated carbocycles. The zero-order valence-electron chi connectivity index (χ0n) is 19.8. The third kappa shape index (κ3) is 4.90. The number of anilines is 1. The summed E-state index contributed by atoms with van der Waals surface area (Å²) in [4.78, 5) is 21.6. The molecule has 0 N–H and O–H groups in total. The Hall–Kier alpha value is -3.02. The Morgan fingerprint density at radius 2 is 1.75 bits per heavy atom. The van der Waals surface area contributed by atoms with Crippen molar-refractivity contribution in [3.05, 3.63) is 59.7 Å². The number of fused-ring (bicyclic) bond motifs is 1. The zero-order chi connectivity index (χ0) is 22.9. The minimum absolute atomic E-state index is 0.177. The largest absolute Gasteiger partial charge is 0.444 e. The molecule has 1 aliphatic heterocycles. The highest BCUT2D eigenvalue weighted by atomic mass is 16.6. The molecule has 1 aliphatic rings. The van der Waals surface area contributed by atoms with Crippen molar-refractivity contribution in [3.8, 4) is 0 Å². The molecule has 170 valence electrons. The van der Waals surface area contributed by atoms with Gasteiger partial charge in [0, 0.05) is 26.2 Å². The second-order valence-corrected chi connectivity index (χ2v) is 9.78. The number of rotatable bonds is 4. The van der Waals surface area contributed by atoms with E-state index < -0.39 is 5.60 Å². The lowest BCUT2D eigenvalue weighted by molar-refractivity contribution is 0.0200. The normalized spacial score (nSPS) is 15.2. The molecule has 2 heterocycles. The maximum atomic E-state index is 12.5. The Balaban J connectivity index is 1.52. The Kier molecular flexibility index (Phi) is 6.13. The molecule has 1 aromatic heterocycles. The zero-order valence-corrected chi connectivity index (χ0v) is 19.8. The van der Waals surface area contributed by atoms with Crippen LogP contribution in [0.5, 0.6) is 0 Å². The van der Waals surface area contributed by atoms with Gasteiger partial charge in [-0.15, -0.1) is 0 Å². The van der Waals surface area contributed by atoms with Gasteiger partial charge in [-0.05, 0) is 58.2 Å². The lowest BCUT2D eigenvalue weighted by atomic mass is 10.0. The van der Waals surface area contributed by atoms with E-state index in [2.05, 4.69) is 58.9 Å². The Morgan fingerprint density at radius 1 is 1.09 bits per heavy atom. The molecule has 0 spiro atoms. The van der Waals surface area contributed by atoms with Crippen LogP contribution in [-0.4, -0.2) is 52.3 Å². The minimum Gasteiger partial charge on any atom is -0.444 e. The number of benzene rings is 2. The molecule has 0 atom stereocenters. The van der Waals surface area contributed by atoms with E-state index in [1.165, 1.54) is 11.1 Å². The number of carbonyl (C=O) groups excluding carboxylic acids is 1. The Morgan fingerprint density at radius 3 is 2.41 bits per heavy atom. The van der Waals surface area contributed by atoms with Gasteiger partial charge in [0.15, 0.2) is 0 Å². The Bertz CT molecular complexity index is 1070. The van der Waals surface area contributed by atoms with Crippen LogP contribution in [0.4, 0.5) is 10.7 Å². The lowest BCUT2D eigenvalue weighted by Gasteiger charge is -2.37.